The lowest BCUT2D eigenvalue weighted by atomic mass is 10.2. The molecule has 0 spiro atoms. The second-order valence-corrected chi connectivity index (χ2v) is 4.89. The minimum absolute atomic E-state index is 0.687. The highest BCUT2D eigenvalue weighted by atomic mass is 32.1. The Kier molecular flexibility index (Phi) is 6.77. The fourth-order valence-electron chi connectivity index (χ4n) is 2.00. The van der Waals surface area contributed by atoms with E-state index in [0.717, 1.165) is 37.8 Å². The molecular weight excluding hydrogens is 234 g/mol. The molecule has 1 atom stereocenters. The van der Waals surface area contributed by atoms with E-state index < -0.39 is 0 Å². The third-order valence-electron chi connectivity index (χ3n) is 3.40. The monoisotopic (exact) mass is 259 g/mol. The molecule has 0 radical (unpaired) electrons. The van der Waals surface area contributed by atoms with Crippen LogP contribution in [-0.2, 0) is 4.74 Å². The molecular formula is C12H25N3OS. The summed E-state index contributed by atoms with van der Waals surface area (Å²) in [6.45, 7) is 10.3. The molecule has 0 saturated carbocycles. The van der Waals surface area contributed by atoms with Gasteiger partial charge in [-0.3, -0.25) is 4.90 Å². The van der Waals surface area contributed by atoms with Crippen LogP contribution in [0.4, 0.5) is 0 Å². The maximum atomic E-state index is 5.36. The van der Waals surface area contributed by atoms with Crippen molar-refractivity contribution in [2.24, 2.45) is 0 Å². The van der Waals surface area contributed by atoms with Gasteiger partial charge in [-0.15, -0.1) is 0 Å². The first kappa shape index (κ1) is 14.7. The summed E-state index contributed by atoms with van der Waals surface area (Å²) in [7, 11) is 1.70. The van der Waals surface area contributed by atoms with Crippen LogP contribution in [0.3, 0.4) is 0 Å². The van der Waals surface area contributed by atoms with Gasteiger partial charge < -0.3 is 15.0 Å². The molecule has 1 aliphatic rings. The smallest absolute Gasteiger partial charge is 0.169 e. The Labute approximate surface area is 110 Å². The summed E-state index contributed by atoms with van der Waals surface area (Å²) in [6.07, 6.45) is 1.22. The van der Waals surface area contributed by atoms with Crippen LogP contribution in [0.25, 0.3) is 0 Å². The van der Waals surface area contributed by atoms with Crippen LogP contribution in [0, 0.1) is 0 Å². The Morgan fingerprint density at radius 1 is 1.35 bits per heavy atom. The van der Waals surface area contributed by atoms with E-state index in [1.165, 1.54) is 6.42 Å². The molecule has 4 nitrogen and oxygen atoms in total. The number of nitrogens with one attached hydrogen (secondary N) is 1. The predicted molar refractivity (Wildman–Crippen MR) is 75.4 cm³/mol. The first-order valence-corrected chi connectivity index (χ1v) is 6.85. The molecule has 1 fully saturated rings. The van der Waals surface area contributed by atoms with Gasteiger partial charge in [0.05, 0.1) is 6.61 Å². The number of hydrogen-bond acceptors (Lipinski definition) is 3. The van der Waals surface area contributed by atoms with Crippen LogP contribution >= 0.6 is 12.2 Å². The number of rotatable bonds is 5. The zero-order valence-electron chi connectivity index (χ0n) is 11.2. The molecule has 17 heavy (non-hydrogen) atoms. The van der Waals surface area contributed by atoms with Crippen molar-refractivity contribution in [2.45, 2.75) is 26.3 Å². The van der Waals surface area contributed by atoms with Gasteiger partial charge in [-0.1, -0.05) is 6.92 Å². The van der Waals surface area contributed by atoms with Crippen LogP contribution in [0.5, 0.6) is 0 Å². The number of methoxy groups -OCH3 is 1. The maximum Gasteiger partial charge on any atom is 0.169 e. The van der Waals surface area contributed by atoms with Crippen LogP contribution in [0.1, 0.15) is 20.3 Å². The van der Waals surface area contributed by atoms with Gasteiger partial charge in [-0.25, -0.2) is 0 Å². The van der Waals surface area contributed by atoms with Gasteiger partial charge in [0.15, 0.2) is 5.11 Å². The van der Waals surface area contributed by atoms with Gasteiger partial charge in [0.2, 0.25) is 0 Å². The number of ether oxygens (including phenoxy) is 1. The maximum absolute atomic E-state index is 5.36. The van der Waals surface area contributed by atoms with Crippen molar-refractivity contribution in [3.8, 4) is 0 Å². The van der Waals surface area contributed by atoms with Crippen LogP contribution in [0.2, 0.25) is 0 Å². The van der Waals surface area contributed by atoms with Crippen LogP contribution < -0.4 is 5.32 Å². The van der Waals surface area contributed by atoms with Crippen molar-refractivity contribution in [3.05, 3.63) is 0 Å². The lowest BCUT2D eigenvalue weighted by Gasteiger charge is -2.38. The summed E-state index contributed by atoms with van der Waals surface area (Å²) in [6, 6.07) is 0.687. The van der Waals surface area contributed by atoms with Gasteiger partial charge in [-0.05, 0) is 25.6 Å². The predicted octanol–water partition coefficient (Wildman–Crippen LogP) is 0.923. The molecule has 1 unspecified atom stereocenters. The summed E-state index contributed by atoms with van der Waals surface area (Å²) in [5.74, 6) is 0. The van der Waals surface area contributed by atoms with Crippen molar-refractivity contribution in [2.75, 3.05) is 46.4 Å². The molecule has 100 valence electrons. The normalized spacial score (nSPS) is 19.1. The summed E-state index contributed by atoms with van der Waals surface area (Å²) in [4.78, 5) is 4.79. The van der Waals surface area contributed by atoms with Crippen molar-refractivity contribution < 1.29 is 4.74 Å². The molecule has 0 aromatic heterocycles. The van der Waals surface area contributed by atoms with Crippen LogP contribution in [-0.4, -0.2) is 67.4 Å². The van der Waals surface area contributed by atoms with E-state index in [4.69, 9.17) is 17.0 Å². The zero-order valence-corrected chi connectivity index (χ0v) is 12.1. The van der Waals surface area contributed by atoms with Crippen molar-refractivity contribution in [1.29, 1.82) is 0 Å². The molecule has 0 aliphatic carbocycles. The van der Waals surface area contributed by atoms with E-state index in [1.54, 1.807) is 7.11 Å². The Morgan fingerprint density at radius 2 is 2.00 bits per heavy atom. The zero-order chi connectivity index (χ0) is 12.7. The van der Waals surface area contributed by atoms with Gasteiger partial charge >= 0.3 is 0 Å². The SMILES string of the molecule is CCC(C)N1CCN(C(=S)NCCOC)CC1. The van der Waals surface area contributed by atoms with E-state index in [0.29, 0.717) is 12.6 Å². The van der Waals surface area contributed by atoms with Gasteiger partial charge in [0, 0.05) is 45.9 Å². The molecule has 0 aromatic carbocycles. The largest absolute Gasteiger partial charge is 0.383 e. The topological polar surface area (TPSA) is 27.7 Å². The Hall–Kier alpha value is -0.390. The fraction of sp³-hybridized carbons (Fsp3) is 0.917. The van der Waals surface area contributed by atoms with Crippen molar-refractivity contribution >= 4 is 17.3 Å². The Balaban J connectivity index is 2.24. The molecule has 1 saturated heterocycles. The highest BCUT2D eigenvalue weighted by molar-refractivity contribution is 7.80. The van der Waals surface area contributed by atoms with Gasteiger partial charge in [-0.2, -0.15) is 0 Å². The molecule has 0 bridgehead atoms. The molecule has 1 aliphatic heterocycles. The quantitative estimate of drug-likeness (QED) is 0.585. The van der Waals surface area contributed by atoms with E-state index in [9.17, 15) is 0 Å². The van der Waals surface area contributed by atoms with Crippen molar-refractivity contribution in [3.63, 3.8) is 0 Å². The lowest BCUT2D eigenvalue weighted by molar-refractivity contribution is 0.136. The van der Waals surface area contributed by atoms with Gasteiger partial charge in [0.1, 0.15) is 0 Å². The van der Waals surface area contributed by atoms with E-state index in [2.05, 4.69) is 29.0 Å². The Morgan fingerprint density at radius 3 is 2.53 bits per heavy atom. The molecule has 1 heterocycles. The first-order chi connectivity index (χ1) is 8.19. The summed E-state index contributed by atoms with van der Waals surface area (Å²) in [5.41, 5.74) is 0. The molecule has 1 rings (SSSR count). The number of hydrogen-bond donors (Lipinski definition) is 1. The first-order valence-electron chi connectivity index (χ1n) is 6.44. The second kappa shape index (κ2) is 7.84. The number of piperazine rings is 1. The molecule has 5 heteroatoms. The third-order valence-corrected chi connectivity index (χ3v) is 3.80. The highest BCUT2D eigenvalue weighted by Gasteiger charge is 2.21. The van der Waals surface area contributed by atoms with E-state index >= 15 is 0 Å². The standard InChI is InChI=1S/C12H25N3OS/c1-4-11(2)14-6-8-15(9-7-14)12(17)13-5-10-16-3/h11H,4-10H2,1-3H3,(H,13,17). The third kappa shape index (κ3) is 4.77. The van der Waals surface area contributed by atoms with E-state index in [-0.39, 0.29) is 0 Å². The number of thiocarbonyl (C=S) groups is 1. The minimum atomic E-state index is 0.687. The van der Waals surface area contributed by atoms with Crippen molar-refractivity contribution in [1.82, 2.24) is 15.1 Å². The average molecular weight is 259 g/mol. The summed E-state index contributed by atoms with van der Waals surface area (Å²) < 4.78 is 4.99. The molecule has 0 amide bonds. The van der Waals surface area contributed by atoms with E-state index in [1.807, 2.05) is 0 Å². The minimum Gasteiger partial charge on any atom is -0.383 e. The number of nitrogens with zero attached hydrogens (tertiary/aromatic N) is 2. The Bertz CT molecular complexity index is 230. The van der Waals surface area contributed by atoms with Gasteiger partial charge in [0.25, 0.3) is 0 Å². The summed E-state index contributed by atoms with van der Waals surface area (Å²) >= 11 is 5.36. The second-order valence-electron chi connectivity index (χ2n) is 4.51. The average Bonchev–Trinajstić information content (AvgIpc) is 2.38. The summed E-state index contributed by atoms with van der Waals surface area (Å²) in [5, 5.41) is 4.09. The lowest BCUT2D eigenvalue weighted by Crippen LogP contribution is -2.53. The molecule has 1 N–H and O–H groups in total. The molecule has 0 aromatic rings. The fourth-order valence-corrected chi connectivity index (χ4v) is 2.28. The highest BCUT2D eigenvalue weighted by Crippen LogP contribution is 2.08. The van der Waals surface area contributed by atoms with Crippen LogP contribution in [0.15, 0.2) is 0 Å².